The van der Waals surface area contributed by atoms with Gasteiger partial charge in [-0.25, -0.2) is 0 Å². The van der Waals surface area contributed by atoms with E-state index >= 15 is 0 Å². The normalized spacial score (nSPS) is 29.1. The summed E-state index contributed by atoms with van der Waals surface area (Å²) in [5.74, 6) is 0.0815. The Labute approximate surface area is 147 Å². The van der Waals surface area contributed by atoms with Crippen LogP contribution in [-0.2, 0) is 5.60 Å². The minimum Gasteiger partial charge on any atom is -0.385 e. The maximum atomic E-state index is 13.0. The van der Waals surface area contributed by atoms with Crippen LogP contribution >= 0.6 is 0 Å². The van der Waals surface area contributed by atoms with Crippen LogP contribution in [0, 0.1) is 5.92 Å². The third kappa shape index (κ3) is 2.82. The highest BCUT2D eigenvalue weighted by molar-refractivity contribution is 5.94. The van der Waals surface area contributed by atoms with E-state index in [9.17, 15) is 9.90 Å². The molecule has 5 heteroatoms. The number of rotatable bonds is 2. The van der Waals surface area contributed by atoms with Crippen LogP contribution in [0.2, 0.25) is 0 Å². The fourth-order valence-corrected chi connectivity index (χ4v) is 4.60. The van der Waals surface area contributed by atoms with Gasteiger partial charge in [-0.15, -0.1) is 0 Å². The number of carbonyl (C=O) groups is 1. The quantitative estimate of drug-likeness (QED) is 0.915. The largest absolute Gasteiger partial charge is 0.385 e. The number of aliphatic hydroxyl groups is 1. The topological polar surface area (TPSA) is 66.3 Å². The molecule has 5 nitrogen and oxygen atoms in total. The zero-order valence-electron chi connectivity index (χ0n) is 14.2. The monoisotopic (exact) mass is 337 g/mol. The Morgan fingerprint density at radius 2 is 1.92 bits per heavy atom. The summed E-state index contributed by atoms with van der Waals surface area (Å²) >= 11 is 0. The Kier molecular flexibility index (Phi) is 4.25. The van der Waals surface area contributed by atoms with Gasteiger partial charge in [0.1, 0.15) is 0 Å². The molecule has 0 bridgehead atoms. The number of aromatic nitrogens is 2. The molecule has 1 aliphatic heterocycles. The first-order valence-corrected chi connectivity index (χ1v) is 9.06. The van der Waals surface area contributed by atoms with E-state index in [4.69, 9.17) is 0 Å². The van der Waals surface area contributed by atoms with Gasteiger partial charge >= 0.3 is 0 Å². The van der Waals surface area contributed by atoms with E-state index in [0.29, 0.717) is 18.5 Å². The predicted molar refractivity (Wildman–Crippen MR) is 93.8 cm³/mol. The summed E-state index contributed by atoms with van der Waals surface area (Å²) in [5.41, 5.74) is 0.702. The number of hydrogen-bond acceptors (Lipinski definition) is 4. The van der Waals surface area contributed by atoms with Crippen molar-refractivity contribution < 1.29 is 9.90 Å². The number of nitrogens with zero attached hydrogens (tertiary/aromatic N) is 3. The van der Waals surface area contributed by atoms with Crippen molar-refractivity contribution in [3.05, 3.63) is 59.9 Å². The van der Waals surface area contributed by atoms with Crippen LogP contribution in [-0.4, -0.2) is 38.7 Å². The standard InChI is InChI=1S/C20H23N3O2/c24-19(15-10-12-21-22-14-15)23-13-11-20(25,16-6-2-1-3-7-16)17-8-4-5-9-18(17)23/h1-3,6-7,10,12,14,17-18,25H,4-5,8-9,11,13H2/t17-,18+,20?/m1/s1. The van der Waals surface area contributed by atoms with Gasteiger partial charge in [-0.2, -0.15) is 10.2 Å². The molecule has 4 rings (SSSR count). The van der Waals surface area contributed by atoms with Gasteiger partial charge in [0.2, 0.25) is 0 Å². The van der Waals surface area contributed by atoms with E-state index in [1.165, 1.54) is 6.20 Å². The maximum absolute atomic E-state index is 13.0. The van der Waals surface area contributed by atoms with Gasteiger partial charge in [0.15, 0.2) is 0 Å². The first-order valence-electron chi connectivity index (χ1n) is 9.06. The van der Waals surface area contributed by atoms with Crippen molar-refractivity contribution in [1.29, 1.82) is 0 Å². The number of carbonyl (C=O) groups excluding carboxylic acids is 1. The smallest absolute Gasteiger partial charge is 0.255 e. The number of amides is 1. The minimum atomic E-state index is -0.848. The molecule has 1 saturated heterocycles. The van der Waals surface area contributed by atoms with Crippen LogP contribution in [0.25, 0.3) is 0 Å². The van der Waals surface area contributed by atoms with Gasteiger partial charge in [0.05, 0.1) is 23.6 Å². The van der Waals surface area contributed by atoms with Gasteiger partial charge in [-0.1, -0.05) is 43.2 Å². The minimum absolute atomic E-state index is 0.00177. The van der Waals surface area contributed by atoms with Crippen molar-refractivity contribution in [2.24, 2.45) is 5.92 Å². The molecule has 1 unspecified atom stereocenters. The Balaban J connectivity index is 1.66. The van der Waals surface area contributed by atoms with Crippen molar-refractivity contribution in [3.63, 3.8) is 0 Å². The summed E-state index contributed by atoms with van der Waals surface area (Å²) in [7, 11) is 0. The molecule has 2 heterocycles. The van der Waals surface area contributed by atoms with Crippen LogP contribution in [0.3, 0.4) is 0 Å². The molecule has 130 valence electrons. The molecule has 2 fully saturated rings. The van der Waals surface area contributed by atoms with Crippen molar-refractivity contribution in [1.82, 2.24) is 15.1 Å². The van der Waals surface area contributed by atoms with Gasteiger partial charge in [-0.3, -0.25) is 4.79 Å². The average molecular weight is 337 g/mol. The second-order valence-electron chi connectivity index (χ2n) is 7.13. The molecule has 1 aromatic carbocycles. The third-order valence-electron chi connectivity index (χ3n) is 5.84. The lowest BCUT2D eigenvalue weighted by atomic mass is 9.66. The van der Waals surface area contributed by atoms with Gasteiger partial charge in [-0.05, 0) is 30.9 Å². The Morgan fingerprint density at radius 1 is 1.12 bits per heavy atom. The summed E-state index contributed by atoms with van der Waals surface area (Å²) < 4.78 is 0. The van der Waals surface area contributed by atoms with E-state index in [2.05, 4.69) is 10.2 Å². The fraction of sp³-hybridized carbons (Fsp3) is 0.450. The van der Waals surface area contributed by atoms with E-state index in [0.717, 1.165) is 31.2 Å². The number of hydrogen-bond donors (Lipinski definition) is 1. The molecule has 1 aliphatic carbocycles. The fourth-order valence-electron chi connectivity index (χ4n) is 4.60. The van der Waals surface area contributed by atoms with Crippen molar-refractivity contribution in [2.75, 3.05) is 6.54 Å². The Bertz CT molecular complexity index is 737. The average Bonchev–Trinajstić information content (AvgIpc) is 2.69. The van der Waals surface area contributed by atoms with Gasteiger partial charge in [0.25, 0.3) is 5.91 Å². The number of likely N-dealkylation sites (tertiary alicyclic amines) is 1. The van der Waals surface area contributed by atoms with Crippen molar-refractivity contribution in [2.45, 2.75) is 43.7 Å². The van der Waals surface area contributed by atoms with Crippen molar-refractivity contribution >= 4 is 5.91 Å². The molecule has 1 N–H and O–H groups in total. The van der Waals surface area contributed by atoms with E-state index in [1.54, 1.807) is 12.3 Å². The Morgan fingerprint density at radius 3 is 2.68 bits per heavy atom. The summed E-state index contributed by atoms with van der Waals surface area (Å²) in [6.45, 7) is 0.563. The lowest BCUT2D eigenvalue weighted by molar-refractivity contribution is -0.110. The molecule has 25 heavy (non-hydrogen) atoms. The molecule has 2 aromatic rings. The number of piperidine rings is 1. The summed E-state index contributed by atoms with van der Waals surface area (Å²) in [6, 6.07) is 11.7. The molecule has 1 saturated carbocycles. The van der Waals surface area contributed by atoms with Crippen LogP contribution in [0.1, 0.15) is 48.0 Å². The third-order valence-corrected chi connectivity index (χ3v) is 5.84. The highest BCUT2D eigenvalue weighted by Gasteiger charge is 2.50. The summed E-state index contributed by atoms with van der Waals surface area (Å²) in [5, 5.41) is 19.1. The maximum Gasteiger partial charge on any atom is 0.255 e. The highest BCUT2D eigenvalue weighted by Crippen LogP contribution is 2.47. The Hall–Kier alpha value is -2.27. The predicted octanol–water partition coefficient (Wildman–Crippen LogP) is 2.77. The number of benzene rings is 1. The summed E-state index contributed by atoms with van der Waals surface area (Å²) in [6.07, 6.45) is 7.76. The van der Waals surface area contributed by atoms with E-state index in [1.807, 2.05) is 35.2 Å². The first kappa shape index (κ1) is 16.2. The van der Waals surface area contributed by atoms with Crippen LogP contribution < -0.4 is 0 Å². The van der Waals surface area contributed by atoms with Crippen molar-refractivity contribution in [3.8, 4) is 0 Å². The second kappa shape index (κ2) is 6.56. The van der Waals surface area contributed by atoms with E-state index < -0.39 is 5.60 Å². The highest BCUT2D eigenvalue weighted by atomic mass is 16.3. The molecule has 1 aromatic heterocycles. The SMILES string of the molecule is O=C(c1ccnnc1)N1CCC(O)(c2ccccc2)[C@@H]2CCCC[C@@H]21. The van der Waals surface area contributed by atoms with E-state index in [-0.39, 0.29) is 17.9 Å². The van der Waals surface area contributed by atoms with Crippen LogP contribution in [0.4, 0.5) is 0 Å². The van der Waals surface area contributed by atoms with Crippen LogP contribution in [0.15, 0.2) is 48.8 Å². The molecule has 2 aliphatic rings. The zero-order valence-corrected chi connectivity index (χ0v) is 14.2. The second-order valence-corrected chi connectivity index (χ2v) is 7.13. The molecule has 1 amide bonds. The van der Waals surface area contributed by atoms with Gasteiger partial charge < -0.3 is 10.0 Å². The lowest BCUT2D eigenvalue weighted by Gasteiger charge is -2.52. The lowest BCUT2D eigenvalue weighted by Crippen LogP contribution is -2.59. The molecule has 0 spiro atoms. The van der Waals surface area contributed by atoms with Gasteiger partial charge in [0, 0.05) is 18.5 Å². The molecular formula is C20H23N3O2. The molecule has 3 atom stereocenters. The first-order chi connectivity index (χ1) is 12.2. The zero-order chi connectivity index (χ0) is 17.3. The van der Waals surface area contributed by atoms with Crippen LogP contribution in [0.5, 0.6) is 0 Å². The summed E-state index contributed by atoms with van der Waals surface area (Å²) in [4.78, 5) is 14.9. The molecule has 0 radical (unpaired) electrons. The molecular weight excluding hydrogens is 314 g/mol. The number of fused-ring (bicyclic) bond motifs is 1.